The second-order valence-electron chi connectivity index (χ2n) is 3.56. The molecule has 5 nitrogen and oxygen atoms in total. The number of nitrogens with one attached hydrogen (secondary N) is 1. The van der Waals surface area contributed by atoms with Crippen molar-refractivity contribution < 1.29 is 14.7 Å². The second kappa shape index (κ2) is 6.86. The lowest BCUT2D eigenvalue weighted by molar-refractivity contribution is -0.137. The molecule has 2 amide bonds. The molecule has 86 valence electrons. The van der Waals surface area contributed by atoms with Crippen molar-refractivity contribution in [2.24, 2.45) is 5.92 Å². The van der Waals surface area contributed by atoms with Crippen LogP contribution in [0, 0.1) is 5.92 Å². The lowest BCUT2D eigenvalue weighted by atomic mass is 10.1. The molecule has 0 aromatic rings. The Morgan fingerprint density at radius 2 is 2.20 bits per heavy atom. The number of rotatable bonds is 6. The number of nitrogens with zero attached hydrogens (tertiary/aromatic N) is 1. The summed E-state index contributed by atoms with van der Waals surface area (Å²) in [4.78, 5) is 23.2. The zero-order chi connectivity index (χ0) is 11.8. The van der Waals surface area contributed by atoms with Gasteiger partial charge in [-0.05, 0) is 5.92 Å². The Morgan fingerprint density at radius 1 is 1.60 bits per heavy atom. The number of hydrogen-bond donors (Lipinski definition) is 2. The Balaban J connectivity index is 3.79. The summed E-state index contributed by atoms with van der Waals surface area (Å²) in [6, 6.07) is -0.216. The standard InChI is InChI=1S/C10H18N2O3/c1-4-5-12(3)10(15)11-7-8(2)6-9(13)14/h4,8H,1,5-7H2,2-3H3,(H,11,15)(H,13,14). The fraction of sp³-hybridized carbons (Fsp3) is 0.600. The summed E-state index contributed by atoms with van der Waals surface area (Å²) in [6.45, 7) is 6.14. The average molecular weight is 214 g/mol. The van der Waals surface area contributed by atoms with Gasteiger partial charge in [-0.25, -0.2) is 4.79 Å². The maximum Gasteiger partial charge on any atom is 0.317 e. The smallest absolute Gasteiger partial charge is 0.317 e. The van der Waals surface area contributed by atoms with E-state index in [1.165, 1.54) is 4.90 Å². The molecule has 0 fully saturated rings. The van der Waals surface area contributed by atoms with Crippen LogP contribution in [-0.2, 0) is 4.79 Å². The number of likely N-dealkylation sites (N-methyl/N-ethyl adjacent to an activating group) is 1. The van der Waals surface area contributed by atoms with Crippen molar-refractivity contribution in [2.75, 3.05) is 20.1 Å². The highest BCUT2D eigenvalue weighted by molar-refractivity contribution is 5.74. The molecule has 0 saturated carbocycles. The van der Waals surface area contributed by atoms with Crippen molar-refractivity contribution in [3.8, 4) is 0 Å². The van der Waals surface area contributed by atoms with Gasteiger partial charge in [-0.1, -0.05) is 13.0 Å². The first-order valence-electron chi connectivity index (χ1n) is 4.79. The first kappa shape index (κ1) is 13.5. The van der Waals surface area contributed by atoms with Crippen LogP contribution in [0.25, 0.3) is 0 Å². The first-order chi connectivity index (χ1) is 6.97. The zero-order valence-corrected chi connectivity index (χ0v) is 9.19. The van der Waals surface area contributed by atoms with E-state index in [0.29, 0.717) is 13.1 Å². The van der Waals surface area contributed by atoms with Crippen molar-refractivity contribution in [2.45, 2.75) is 13.3 Å². The van der Waals surface area contributed by atoms with Gasteiger partial charge in [0.2, 0.25) is 0 Å². The number of amides is 2. The fourth-order valence-corrected chi connectivity index (χ4v) is 1.04. The summed E-state index contributed by atoms with van der Waals surface area (Å²) in [5.74, 6) is -0.917. The van der Waals surface area contributed by atoms with Gasteiger partial charge in [0.1, 0.15) is 0 Å². The van der Waals surface area contributed by atoms with Crippen molar-refractivity contribution in [1.29, 1.82) is 0 Å². The second-order valence-corrected chi connectivity index (χ2v) is 3.56. The number of carboxylic acids is 1. The van der Waals surface area contributed by atoms with Crippen LogP contribution in [0.4, 0.5) is 4.79 Å². The molecule has 1 unspecified atom stereocenters. The number of hydrogen-bond acceptors (Lipinski definition) is 2. The lowest BCUT2D eigenvalue weighted by Crippen LogP contribution is -2.39. The number of aliphatic carboxylic acids is 1. The maximum atomic E-state index is 11.3. The van der Waals surface area contributed by atoms with Crippen molar-refractivity contribution in [1.82, 2.24) is 10.2 Å². The summed E-state index contributed by atoms with van der Waals surface area (Å²) in [7, 11) is 1.65. The Morgan fingerprint density at radius 3 is 2.67 bits per heavy atom. The third-order valence-corrected chi connectivity index (χ3v) is 1.87. The summed E-state index contributed by atoms with van der Waals surface area (Å²) in [5.41, 5.74) is 0. The molecule has 0 aromatic heterocycles. The molecule has 0 radical (unpaired) electrons. The Labute approximate surface area is 89.8 Å². The average Bonchev–Trinajstić information content (AvgIpc) is 2.13. The fourth-order valence-electron chi connectivity index (χ4n) is 1.04. The van der Waals surface area contributed by atoms with Gasteiger partial charge < -0.3 is 15.3 Å². The highest BCUT2D eigenvalue weighted by atomic mass is 16.4. The molecular weight excluding hydrogens is 196 g/mol. The van der Waals surface area contributed by atoms with Crippen LogP contribution in [-0.4, -0.2) is 42.1 Å². The zero-order valence-electron chi connectivity index (χ0n) is 9.19. The third kappa shape index (κ3) is 6.54. The largest absolute Gasteiger partial charge is 0.481 e. The molecule has 0 spiro atoms. The number of urea groups is 1. The van der Waals surface area contributed by atoms with Gasteiger partial charge in [-0.3, -0.25) is 4.79 Å². The normalized spacial score (nSPS) is 11.6. The lowest BCUT2D eigenvalue weighted by Gasteiger charge is -2.17. The Bertz CT molecular complexity index is 241. The summed E-state index contributed by atoms with van der Waals surface area (Å²) in [6.07, 6.45) is 1.69. The van der Waals surface area contributed by atoms with E-state index in [9.17, 15) is 9.59 Å². The predicted molar refractivity (Wildman–Crippen MR) is 57.6 cm³/mol. The minimum Gasteiger partial charge on any atom is -0.481 e. The highest BCUT2D eigenvalue weighted by Gasteiger charge is 2.10. The van der Waals surface area contributed by atoms with E-state index in [2.05, 4.69) is 11.9 Å². The van der Waals surface area contributed by atoms with Crippen molar-refractivity contribution in [3.05, 3.63) is 12.7 Å². The van der Waals surface area contributed by atoms with Gasteiger partial charge in [0.25, 0.3) is 0 Å². The van der Waals surface area contributed by atoms with E-state index in [-0.39, 0.29) is 18.4 Å². The number of carbonyl (C=O) groups is 2. The molecule has 15 heavy (non-hydrogen) atoms. The van der Waals surface area contributed by atoms with E-state index < -0.39 is 5.97 Å². The van der Waals surface area contributed by atoms with Gasteiger partial charge in [-0.2, -0.15) is 0 Å². The predicted octanol–water partition coefficient (Wildman–Crippen LogP) is 0.925. The first-order valence-corrected chi connectivity index (χ1v) is 4.79. The van der Waals surface area contributed by atoms with Crippen LogP contribution in [0.2, 0.25) is 0 Å². The number of carboxylic acid groups (broad SMARTS) is 1. The van der Waals surface area contributed by atoms with Crippen LogP contribution in [0.3, 0.4) is 0 Å². The van der Waals surface area contributed by atoms with Crippen LogP contribution < -0.4 is 5.32 Å². The molecule has 0 heterocycles. The summed E-state index contributed by atoms with van der Waals surface area (Å²) < 4.78 is 0. The van der Waals surface area contributed by atoms with Crippen molar-refractivity contribution in [3.63, 3.8) is 0 Å². The summed E-state index contributed by atoms with van der Waals surface area (Å²) >= 11 is 0. The molecule has 0 aliphatic carbocycles. The molecule has 0 aromatic carbocycles. The van der Waals surface area contributed by atoms with E-state index >= 15 is 0 Å². The molecule has 0 saturated heterocycles. The third-order valence-electron chi connectivity index (χ3n) is 1.87. The van der Waals surface area contributed by atoms with Gasteiger partial charge >= 0.3 is 12.0 Å². The number of carbonyl (C=O) groups excluding carboxylic acids is 1. The van der Waals surface area contributed by atoms with Gasteiger partial charge in [0.05, 0.1) is 0 Å². The minimum atomic E-state index is -0.851. The van der Waals surface area contributed by atoms with Gasteiger partial charge in [-0.15, -0.1) is 6.58 Å². The minimum absolute atomic E-state index is 0.0610. The topological polar surface area (TPSA) is 69.6 Å². The Kier molecular flexibility index (Phi) is 6.17. The maximum absolute atomic E-state index is 11.3. The van der Waals surface area contributed by atoms with Crippen LogP contribution in [0.1, 0.15) is 13.3 Å². The highest BCUT2D eigenvalue weighted by Crippen LogP contribution is 1.99. The molecule has 0 aliphatic heterocycles. The van der Waals surface area contributed by atoms with Crippen LogP contribution in [0.15, 0.2) is 12.7 Å². The van der Waals surface area contributed by atoms with E-state index in [1.54, 1.807) is 20.0 Å². The SMILES string of the molecule is C=CCN(C)C(=O)NCC(C)CC(=O)O. The molecule has 1 atom stereocenters. The van der Waals surface area contributed by atoms with Crippen LogP contribution in [0.5, 0.6) is 0 Å². The van der Waals surface area contributed by atoms with Crippen LogP contribution >= 0.6 is 0 Å². The van der Waals surface area contributed by atoms with Gasteiger partial charge in [0.15, 0.2) is 0 Å². The quantitative estimate of drug-likeness (QED) is 0.646. The Hall–Kier alpha value is -1.52. The summed E-state index contributed by atoms with van der Waals surface area (Å²) in [5, 5.41) is 11.2. The van der Waals surface area contributed by atoms with E-state index in [0.717, 1.165) is 0 Å². The molecular formula is C10H18N2O3. The van der Waals surface area contributed by atoms with Crippen molar-refractivity contribution >= 4 is 12.0 Å². The van der Waals surface area contributed by atoms with E-state index in [1.807, 2.05) is 0 Å². The van der Waals surface area contributed by atoms with Gasteiger partial charge in [0, 0.05) is 26.6 Å². The van der Waals surface area contributed by atoms with E-state index in [4.69, 9.17) is 5.11 Å². The molecule has 2 N–H and O–H groups in total. The molecule has 0 aliphatic rings. The molecule has 0 bridgehead atoms. The molecule has 5 heteroatoms. The molecule has 0 rings (SSSR count). The monoisotopic (exact) mass is 214 g/mol.